The molecule has 277 valence electrons. The van der Waals surface area contributed by atoms with E-state index in [1.807, 2.05) is 73.1 Å². The van der Waals surface area contributed by atoms with Crippen molar-refractivity contribution in [2.75, 3.05) is 0 Å². The van der Waals surface area contributed by atoms with Crippen LogP contribution in [0, 0.1) is 25.9 Å². The number of fused-ring (bicyclic) bond motifs is 3. The van der Waals surface area contributed by atoms with Gasteiger partial charge in [0.2, 0.25) is 0 Å². The van der Waals surface area contributed by atoms with Gasteiger partial charge in [0.25, 0.3) is 0 Å². The number of nitrogens with zero attached hydrogens (tertiary/aromatic N) is 2. The molecule has 9 aromatic rings. The summed E-state index contributed by atoms with van der Waals surface area (Å²) in [6, 6.07) is 57.0. The van der Waals surface area contributed by atoms with Crippen molar-refractivity contribution in [2.24, 2.45) is 0 Å². The molecule has 0 aliphatic heterocycles. The van der Waals surface area contributed by atoms with Crippen LogP contribution in [-0.4, -0.2) is 18.0 Å². The molecule has 0 spiro atoms. The second kappa shape index (κ2) is 16.6. The Labute approximate surface area is 348 Å². The van der Waals surface area contributed by atoms with Crippen molar-refractivity contribution in [3.8, 4) is 55.9 Å². The largest absolute Gasteiger partial charge is 0.501 e. The quantitative estimate of drug-likeness (QED) is 0.123. The van der Waals surface area contributed by atoms with E-state index in [-0.39, 0.29) is 20.1 Å². The molecule has 0 aliphatic carbocycles. The van der Waals surface area contributed by atoms with E-state index in [9.17, 15) is 0 Å². The Balaban J connectivity index is 0.000000180. The first-order valence-corrected chi connectivity index (χ1v) is 22.0. The Bertz CT molecular complexity index is 2850. The molecule has 3 aromatic heterocycles. The molecule has 0 aliphatic rings. The summed E-state index contributed by atoms with van der Waals surface area (Å²) in [6.07, 6.45) is 3.89. The van der Waals surface area contributed by atoms with Crippen molar-refractivity contribution in [3.63, 3.8) is 0 Å². The van der Waals surface area contributed by atoms with Crippen LogP contribution in [0.5, 0.6) is 0 Å². The van der Waals surface area contributed by atoms with Crippen molar-refractivity contribution in [3.05, 3.63) is 187 Å². The predicted octanol–water partition coefficient (Wildman–Crippen LogP) is 13.2. The zero-order valence-corrected chi connectivity index (χ0v) is 35.1. The summed E-state index contributed by atoms with van der Waals surface area (Å²) in [5.41, 5.74) is 12.8. The molecule has 6 aromatic carbocycles. The Hall–Kier alpha value is -5.71. The van der Waals surface area contributed by atoms with Crippen LogP contribution in [0.2, 0.25) is 19.6 Å². The van der Waals surface area contributed by atoms with Crippen LogP contribution in [0.1, 0.15) is 15.2 Å². The fraction of sp³-hybridized carbons (Fsp3) is 0.0980. The van der Waals surface area contributed by atoms with Crippen molar-refractivity contribution in [1.29, 1.82) is 0 Å². The van der Waals surface area contributed by atoms with Gasteiger partial charge in [-0.2, -0.15) is 0 Å². The van der Waals surface area contributed by atoms with Crippen LogP contribution in [0.4, 0.5) is 0 Å². The van der Waals surface area contributed by atoms with Crippen molar-refractivity contribution in [1.82, 2.24) is 9.97 Å². The molecule has 3 nitrogen and oxygen atoms in total. The van der Waals surface area contributed by atoms with Gasteiger partial charge in [-0.1, -0.05) is 164 Å². The maximum Gasteiger partial charge on any atom is 0.121 e. The Morgan fingerprint density at radius 2 is 1.25 bits per heavy atom. The number of benzene rings is 6. The summed E-state index contributed by atoms with van der Waals surface area (Å²) in [5, 5.41) is 3.48. The Kier molecular flexibility index (Phi) is 10.3. The summed E-state index contributed by atoms with van der Waals surface area (Å²) in [5.74, 6) is 0. The molecule has 9 rings (SSSR count). The number of hydrogen-bond acceptors (Lipinski definition) is 3. The molecule has 0 unspecified atom stereocenters. The molecule has 5 heteroatoms. The second-order valence-electron chi connectivity index (χ2n) is 14.7. The minimum absolute atomic E-state index is 0. The van der Waals surface area contributed by atoms with E-state index < -0.39 is 14.9 Å². The number of aryl methyl sites for hydroxylation is 2. The SMILES string of the molecule is Cc1cc(-c2[c-]ccc3c2oc2cc(-c4ccccc4)ccc23)ncc1-c1ccccc1.[2H]C([2H])([2H])c1c[c-]c(-c2ccc([Si](C)(C)C)cn2)cc1-c1ccccc1.[Ir]. The van der Waals surface area contributed by atoms with Gasteiger partial charge in [-0.05, 0) is 57.4 Å². The summed E-state index contributed by atoms with van der Waals surface area (Å²) in [4.78, 5) is 9.39. The van der Waals surface area contributed by atoms with E-state index in [4.69, 9.17) is 13.5 Å². The second-order valence-corrected chi connectivity index (χ2v) is 19.8. The normalized spacial score (nSPS) is 12.2. The molecule has 0 atom stereocenters. The number of furan rings is 1. The van der Waals surface area contributed by atoms with Crippen LogP contribution >= 0.6 is 0 Å². The van der Waals surface area contributed by atoms with Crippen LogP contribution in [0.25, 0.3) is 77.8 Å². The van der Waals surface area contributed by atoms with Crippen molar-refractivity contribution in [2.45, 2.75) is 33.4 Å². The molecule has 0 fully saturated rings. The molecular weight excluding hydrogens is 877 g/mol. The van der Waals surface area contributed by atoms with Gasteiger partial charge in [-0.3, -0.25) is 0 Å². The molecule has 0 bridgehead atoms. The van der Waals surface area contributed by atoms with Gasteiger partial charge in [0.05, 0.1) is 13.7 Å². The average molecular weight is 922 g/mol. The predicted molar refractivity (Wildman–Crippen MR) is 233 cm³/mol. The van der Waals surface area contributed by atoms with Gasteiger partial charge in [-0.15, -0.1) is 47.5 Å². The number of hydrogen-bond donors (Lipinski definition) is 0. The van der Waals surface area contributed by atoms with E-state index in [1.165, 1.54) is 21.9 Å². The molecule has 0 amide bonds. The summed E-state index contributed by atoms with van der Waals surface area (Å²) >= 11 is 0. The van der Waals surface area contributed by atoms with Gasteiger partial charge in [-0.25, -0.2) is 0 Å². The van der Waals surface area contributed by atoms with E-state index >= 15 is 0 Å². The molecule has 0 saturated carbocycles. The smallest absolute Gasteiger partial charge is 0.121 e. The molecule has 0 N–H and O–H groups in total. The summed E-state index contributed by atoms with van der Waals surface area (Å²) < 4.78 is 29.9. The fourth-order valence-electron chi connectivity index (χ4n) is 6.85. The summed E-state index contributed by atoms with van der Waals surface area (Å²) in [7, 11) is -1.40. The maximum atomic E-state index is 7.84. The van der Waals surface area contributed by atoms with Crippen LogP contribution in [0.15, 0.2) is 168 Å². The number of pyridine rings is 2. The third-order valence-electron chi connectivity index (χ3n) is 9.93. The monoisotopic (exact) mass is 922 g/mol. The van der Waals surface area contributed by atoms with Crippen LogP contribution < -0.4 is 5.19 Å². The number of aromatic nitrogens is 2. The maximum absolute atomic E-state index is 7.84. The molecule has 56 heavy (non-hydrogen) atoms. The zero-order chi connectivity index (χ0) is 40.4. The topological polar surface area (TPSA) is 38.9 Å². The third kappa shape index (κ3) is 8.12. The molecular formula is C51H42IrN2OSi-2. The number of rotatable bonds is 6. The van der Waals surface area contributed by atoms with Gasteiger partial charge >= 0.3 is 0 Å². The van der Waals surface area contributed by atoms with E-state index in [1.54, 1.807) is 6.07 Å². The van der Waals surface area contributed by atoms with Gasteiger partial charge in [0.1, 0.15) is 5.58 Å². The standard InChI is InChI=1S/C30H20NO.C21H22NSi.Ir/c1-20-17-28(31-19-27(20)22-11-6-3-7-12-22)26-14-8-13-25-24-16-15-23(18-29(24)32-30(25)26)21-9-4-2-5-10-21;1-16-10-11-18(14-20(16)17-8-6-5-7-9-17)21-13-12-19(15-22-21)23(2,3)4;/h2-13,15-19H,1H3;5-10,12-15H,1-4H3;/q2*-1;/i;1D3;. The van der Waals surface area contributed by atoms with Crippen LogP contribution in [-0.2, 0) is 20.1 Å². The van der Waals surface area contributed by atoms with Crippen molar-refractivity contribution < 1.29 is 28.6 Å². The van der Waals surface area contributed by atoms with Crippen molar-refractivity contribution >= 4 is 35.2 Å². The molecule has 1 radical (unpaired) electrons. The van der Waals surface area contributed by atoms with Crippen LogP contribution in [0.3, 0.4) is 0 Å². The minimum atomic E-state index is -2.19. The Morgan fingerprint density at radius 1 is 0.589 bits per heavy atom. The molecule has 3 heterocycles. The Morgan fingerprint density at radius 3 is 1.88 bits per heavy atom. The first kappa shape index (κ1) is 34.8. The third-order valence-corrected chi connectivity index (χ3v) is 12.0. The minimum Gasteiger partial charge on any atom is -0.501 e. The zero-order valence-electron chi connectivity index (χ0n) is 34.7. The van der Waals surface area contributed by atoms with Gasteiger partial charge < -0.3 is 14.4 Å². The van der Waals surface area contributed by atoms with Gasteiger partial charge in [0.15, 0.2) is 0 Å². The first-order chi connectivity index (χ1) is 27.9. The fourth-order valence-corrected chi connectivity index (χ4v) is 7.88. The van der Waals surface area contributed by atoms with E-state index in [2.05, 4.69) is 129 Å². The van der Waals surface area contributed by atoms with E-state index in [0.717, 1.165) is 61.1 Å². The first-order valence-electron chi connectivity index (χ1n) is 20.0. The van der Waals surface area contributed by atoms with E-state index in [0.29, 0.717) is 11.1 Å². The average Bonchev–Trinajstić information content (AvgIpc) is 3.62. The summed E-state index contributed by atoms with van der Waals surface area (Å²) in [6.45, 7) is 6.80. The van der Waals surface area contributed by atoms with Gasteiger partial charge in [0, 0.05) is 47.6 Å². The molecule has 0 saturated heterocycles.